The van der Waals surface area contributed by atoms with Gasteiger partial charge in [0.05, 0.1) is 0 Å². The third-order valence-electron chi connectivity index (χ3n) is 2.77. The number of rotatable bonds is 4. The van der Waals surface area contributed by atoms with Crippen molar-refractivity contribution in [3.05, 3.63) is 21.9 Å². The lowest BCUT2D eigenvalue weighted by molar-refractivity contribution is 0.515. The SMILES string of the molecule is CNC(CC1CC1)c1csc(C)c1. The zero-order chi connectivity index (χ0) is 9.26. The highest BCUT2D eigenvalue weighted by Gasteiger charge is 2.25. The lowest BCUT2D eigenvalue weighted by Crippen LogP contribution is -2.16. The summed E-state index contributed by atoms with van der Waals surface area (Å²) >= 11 is 1.86. The van der Waals surface area contributed by atoms with Crippen LogP contribution in [0.3, 0.4) is 0 Å². The van der Waals surface area contributed by atoms with Gasteiger partial charge in [0.25, 0.3) is 0 Å². The Morgan fingerprint density at radius 2 is 2.38 bits per heavy atom. The van der Waals surface area contributed by atoms with Crippen molar-refractivity contribution in [2.45, 2.75) is 32.2 Å². The van der Waals surface area contributed by atoms with E-state index in [1.165, 1.54) is 29.7 Å². The molecule has 0 aromatic carbocycles. The van der Waals surface area contributed by atoms with E-state index in [4.69, 9.17) is 0 Å². The molecule has 1 saturated carbocycles. The number of aryl methyl sites for hydroxylation is 1. The highest BCUT2D eigenvalue weighted by molar-refractivity contribution is 7.10. The second kappa shape index (κ2) is 3.81. The Labute approximate surface area is 84.2 Å². The highest BCUT2D eigenvalue weighted by atomic mass is 32.1. The van der Waals surface area contributed by atoms with E-state index >= 15 is 0 Å². The zero-order valence-corrected chi connectivity index (χ0v) is 9.16. The quantitative estimate of drug-likeness (QED) is 0.778. The molecule has 1 nitrogen and oxygen atoms in total. The molecule has 1 unspecified atom stereocenters. The summed E-state index contributed by atoms with van der Waals surface area (Å²) in [7, 11) is 2.07. The molecule has 0 amide bonds. The second-order valence-electron chi connectivity index (χ2n) is 4.01. The van der Waals surface area contributed by atoms with E-state index in [0.29, 0.717) is 6.04 Å². The molecule has 1 aromatic rings. The Morgan fingerprint density at radius 1 is 1.62 bits per heavy atom. The predicted octanol–water partition coefficient (Wildman–Crippen LogP) is 3.12. The second-order valence-corrected chi connectivity index (χ2v) is 5.13. The maximum absolute atomic E-state index is 3.41. The molecule has 0 spiro atoms. The Morgan fingerprint density at radius 3 is 2.85 bits per heavy atom. The van der Waals surface area contributed by atoms with Crippen LogP contribution in [-0.2, 0) is 0 Å². The van der Waals surface area contributed by atoms with E-state index in [1.807, 2.05) is 11.3 Å². The zero-order valence-electron chi connectivity index (χ0n) is 8.34. The Bertz CT molecular complexity index is 275. The molecule has 1 aliphatic carbocycles. The molecule has 1 N–H and O–H groups in total. The number of hydrogen-bond acceptors (Lipinski definition) is 2. The van der Waals surface area contributed by atoms with Gasteiger partial charge in [0.2, 0.25) is 0 Å². The fraction of sp³-hybridized carbons (Fsp3) is 0.636. The summed E-state index contributed by atoms with van der Waals surface area (Å²) in [5.41, 5.74) is 1.48. The van der Waals surface area contributed by atoms with Gasteiger partial charge in [-0.1, -0.05) is 12.8 Å². The summed E-state index contributed by atoms with van der Waals surface area (Å²) < 4.78 is 0. The van der Waals surface area contributed by atoms with Gasteiger partial charge in [-0.05, 0) is 43.3 Å². The molecule has 0 aliphatic heterocycles. The molecule has 0 radical (unpaired) electrons. The van der Waals surface area contributed by atoms with Crippen LogP contribution >= 0.6 is 11.3 Å². The fourth-order valence-electron chi connectivity index (χ4n) is 1.75. The van der Waals surface area contributed by atoms with Crippen LogP contribution in [0.1, 0.15) is 35.7 Å². The third kappa shape index (κ3) is 2.32. The first-order valence-corrected chi connectivity index (χ1v) is 5.90. The van der Waals surface area contributed by atoms with Crippen LogP contribution < -0.4 is 5.32 Å². The molecule has 2 heteroatoms. The fourth-order valence-corrected chi connectivity index (χ4v) is 2.51. The van der Waals surface area contributed by atoms with Gasteiger partial charge in [-0.15, -0.1) is 11.3 Å². The Balaban J connectivity index is 2.01. The molecule has 1 atom stereocenters. The van der Waals surface area contributed by atoms with E-state index in [0.717, 1.165) is 5.92 Å². The molecule has 1 aliphatic rings. The molecule has 72 valence electrons. The van der Waals surface area contributed by atoms with Crippen LogP contribution in [0.4, 0.5) is 0 Å². The number of nitrogens with one attached hydrogen (secondary N) is 1. The molecule has 1 aromatic heterocycles. The minimum absolute atomic E-state index is 0.595. The van der Waals surface area contributed by atoms with Crippen LogP contribution in [0.15, 0.2) is 11.4 Å². The van der Waals surface area contributed by atoms with Gasteiger partial charge in [0.1, 0.15) is 0 Å². The largest absolute Gasteiger partial charge is 0.313 e. The van der Waals surface area contributed by atoms with E-state index < -0.39 is 0 Å². The van der Waals surface area contributed by atoms with Crippen LogP contribution in [0, 0.1) is 12.8 Å². The average molecular weight is 195 g/mol. The van der Waals surface area contributed by atoms with Crippen LogP contribution in [0.5, 0.6) is 0 Å². The first-order chi connectivity index (χ1) is 6.29. The average Bonchev–Trinajstić information content (AvgIpc) is 2.84. The summed E-state index contributed by atoms with van der Waals surface area (Å²) in [6, 6.07) is 2.91. The Hall–Kier alpha value is -0.340. The monoisotopic (exact) mass is 195 g/mol. The molecule has 2 rings (SSSR count). The van der Waals surface area contributed by atoms with E-state index in [9.17, 15) is 0 Å². The topological polar surface area (TPSA) is 12.0 Å². The van der Waals surface area contributed by atoms with Gasteiger partial charge in [0.15, 0.2) is 0 Å². The summed E-state index contributed by atoms with van der Waals surface area (Å²) in [6.45, 7) is 2.18. The number of hydrogen-bond donors (Lipinski definition) is 1. The van der Waals surface area contributed by atoms with Crippen molar-refractivity contribution >= 4 is 11.3 Å². The first-order valence-electron chi connectivity index (χ1n) is 5.02. The summed E-state index contributed by atoms with van der Waals surface area (Å²) in [5.74, 6) is 0.998. The van der Waals surface area contributed by atoms with Crippen molar-refractivity contribution < 1.29 is 0 Å². The van der Waals surface area contributed by atoms with Crippen LogP contribution in [-0.4, -0.2) is 7.05 Å². The maximum atomic E-state index is 3.41. The van der Waals surface area contributed by atoms with Gasteiger partial charge in [-0.25, -0.2) is 0 Å². The molecule has 0 saturated heterocycles. The normalized spacial score (nSPS) is 18.9. The molecule has 13 heavy (non-hydrogen) atoms. The van der Waals surface area contributed by atoms with E-state index in [2.05, 4.69) is 30.7 Å². The molecule has 0 bridgehead atoms. The minimum atomic E-state index is 0.595. The molecular weight excluding hydrogens is 178 g/mol. The van der Waals surface area contributed by atoms with Gasteiger partial charge < -0.3 is 5.32 Å². The highest BCUT2D eigenvalue weighted by Crippen LogP contribution is 2.38. The maximum Gasteiger partial charge on any atom is 0.0328 e. The summed E-state index contributed by atoms with van der Waals surface area (Å²) in [6.07, 6.45) is 4.22. The minimum Gasteiger partial charge on any atom is -0.313 e. The van der Waals surface area contributed by atoms with E-state index in [1.54, 1.807) is 0 Å². The van der Waals surface area contributed by atoms with Crippen molar-refractivity contribution in [3.8, 4) is 0 Å². The van der Waals surface area contributed by atoms with Crippen molar-refractivity contribution in [3.63, 3.8) is 0 Å². The van der Waals surface area contributed by atoms with Gasteiger partial charge in [-0.3, -0.25) is 0 Å². The van der Waals surface area contributed by atoms with Gasteiger partial charge in [0, 0.05) is 10.9 Å². The molecule has 1 heterocycles. The third-order valence-corrected chi connectivity index (χ3v) is 3.65. The van der Waals surface area contributed by atoms with Crippen molar-refractivity contribution in [2.24, 2.45) is 5.92 Å². The van der Waals surface area contributed by atoms with Crippen molar-refractivity contribution in [1.82, 2.24) is 5.32 Å². The van der Waals surface area contributed by atoms with Crippen LogP contribution in [0.25, 0.3) is 0 Å². The van der Waals surface area contributed by atoms with Crippen molar-refractivity contribution in [2.75, 3.05) is 7.05 Å². The predicted molar refractivity (Wildman–Crippen MR) is 58.2 cm³/mol. The summed E-state index contributed by atoms with van der Waals surface area (Å²) in [5, 5.41) is 5.70. The van der Waals surface area contributed by atoms with Gasteiger partial charge in [-0.2, -0.15) is 0 Å². The van der Waals surface area contributed by atoms with Crippen molar-refractivity contribution in [1.29, 1.82) is 0 Å². The summed E-state index contributed by atoms with van der Waals surface area (Å²) in [4.78, 5) is 1.42. The lowest BCUT2D eigenvalue weighted by atomic mass is 10.0. The molecular formula is C11H17NS. The van der Waals surface area contributed by atoms with Crippen LogP contribution in [0.2, 0.25) is 0 Å². The standard InChI is InChI=1S/C11H17NS/c1-8-5-10(7-13-8)11(12-2)6-9-3-4-9/h5,7,9,11-12H,3-4,6H2,1-2H3. The lowest BCUT2D eigenvalue weighted by Gasteiger charge is -2.13. The number of thiophene rings is 1. The first kappa shape index (κ1) is 9.22. The molecule has 1 fully saturated rings. The van der Waals surface area contributed by atoms with E-state index in [-0.39, 0.29) is 0 Å². The van der Waals surface area contributed by atoms with Gasteiger partial charge >= 0.3 is 0 Å². The smallest absolute Gasteiger partial charge is 0.0328 e. The Kier molecular flexibility index (Phi) is 2.70.